The van der Waals surface area contributed by atoms with Gasteiger partial charge < -0.3 is 9.64 Å². The summed E-state index contributed by atoms with van der Waals surface area (Å²) in [5, 5.41) is 0. The third-order valence-electron chi connectivity index (χ3n) is 7.76. The number of piperidine rings is 3. The molecule has 156 valence electrons. The molecular formula is C25H34N2O2. The van der Waals surface area contributed by atoms with Crippen molar-refractivity contribution in [1.29, 1.82) is 0 Å². The predicted octanol–water partition coefficient (Wildman–Crippen LogP) is 4.05. The summed E-state index contributed by atoms with van der Waals surface area (Å²) in [5.41, 5.74) is 2.80. The van der Waals surface area contributed by atoms with Crippen LogP contribution in [-0.4, -0.2) is 54.5 Å². The van der Waals surface area contributed by atoms with E-state index in [1.165, 1.54) is 50.8 Å². The Morgan fingerprint density at radius 2 is 2.00 bits per heavy atom. The molecule has 1 aromatic carbocycles. The van der Waals surface area contributed by atoms with Crippen LogP contribution in [0.3, 0.4) is 0 Å². The lowest BCUT2D eigenvalue weighted by Gasteiger charge is -2.54. The van der Waals surface area contributed by atoms with Crippen molar-refractivity contribution in [2.24, 2.45) is 11.8 Å². The van der Waals surface area contributed by atoms with Crippen LogP contribution in [0.1, 0.15) is 50.5 Å². The van der Waals surface area contributed by atoms with Gasteiger partial charge in [-0.3, -0.25) is 9.69 Å². The minimum Gasteiger partial charge on any atom is -0.497 e. The normalized spacial score (nSPS) is 31.5. The first-order valence-corrected chi connectivity index (χ1v) is 11.6. The van der Waals surface area contributed by atoms with Crippen LogP contribution < -0.4 is 4.74 Å². The van der Waals surface area contributed by atoms with Gasteiger partial charge >= 0.3 is 0 Å². The van der Waals surface area contributed by atoms with E-state index in [0.717, 1.165) is 37.1 Å². The lowest BCUT2D eigenvalue weighted by Crippen LogP contribution is -2.60. The molecule has 4 heteroatoms. The molecule has 0 aromatic heterocycles. The van der Waals surface area contributed by atoms with Gasteiger partial charge in [-0.25, -0.2) is 0 Å². The molecule has 4 aliphatic rings. The van der Waals surface area contributed by atoms with Crippen LogP contribution in [0.5, 0.6) is 5.75 Å². The smallest absolute Gasteiger partial charge is 0.223 e. The second-order valence-corrected chi connectivity index (χ2v) is 9.44. The Balaban J connectivity index is 1.29. The zero-order valence-corrected chi connectivity index (χ0v) is 17.7. The molecule has 0 saturated carbocycles. The molecule has 4 atom stereocenters. The maximum atomic E-state index is 13.3. The number of aryl methyl sites for hydroxylation is 1. The molecule has 3 fully saturated rings. The topological polar surface area (TPSA) is 32.8 Å². The molecule has 2 unspecified atom stereocenters. The van der Waals surface area contributed by atoms with Gasteiger partial charge in [0.05, 0.1) is 13.2 Å². The average Bonchev–Trinajstić information content (AvgIpc) is 2.77. The number of methoxy groups -OCH3 is 1. The van der Waals surface area contributed by atoms with Gasteiger partial charge in [-0.1, -0.05) is 30.2 Å². The van der Waals surface area contributed by atoms with Gasteiger partial charge in [0.1, 0.15) is 5.75 Å². The summed E-state index contributed by atoms with van der Waals surface area (Å²) in [7, 11) is 1.69. The van der Waals surface area contributed by atoms with Crippen LogP contribution in [0, 0.1) is 11.8 Å². The average molecular weight is 395 g/mol. The Labute approximate surface area is 174 Å². The monoisotopic (exact) mass is 394 g/mol. The van der Waals surface area contributed by atoms with E-state index >= 15 is 0 Å². The SMILES string of the molecule is COc1ccc(CCC(=O)N2CCCC3=CC4CC(CN5CCCC[C@H]45)[C@@H]32)cc1. The lowest BCUT2D eigenvalue weighted by molar-refractivity contribution is -0.136. The standard InChI is InChI=1S/C25H34N2O2/c1-29-22-10-7-18(8-11-22)9-12-24(28)27-14-4-5-19-15-20-16-21(25(19)27)17-26-13-3-2-6-23(20)26/h7-8,10-11,15,20-21,23,25H,2-6,9,12-14,16-17H2,1H3/t20?,21?,23-,25-/m1/s1. The van der Waals surface area contributed by atoms with Gasteiger partial charge in [0, 0.05) is 25.6 Å². The Morgan fingerprint density at radius 3 is 2.83 bits per heavy atom. The molecule has 3 aliphatic heterocycles. The molecule has 1 aliphatic carbocycles. The summed E-state index contributed by atoms with van der Waals surface area (Å²) in [4.78, 5) is 18.3. The number of nitrogens with zero attached hydrogens (tertiary/aromatic N) is 2. The number of hydrogen-bond acceptors (Lipinski definition) is 3. The maximum Gasteiger partial charge on any atom is 0.223 e. The number of fused-ring (bicyclic) bond motifs is 6. The van der Waals surface area contributed by atoms with Crippen molar-refractivity contribution >= 4 is 5.91 Å². The molecule has 0 radical (unpaired) electrons. The van der Waals surface area contributed by atoms with Gasteiger partial charge in [0.2, 0.25) is 5.91 Å². The lowest BCUT2D eigenvalue weighted by atomic mass is 9.68. The van der Waals surface area contributed by atoms with Crippen LogP contribution in [0.2, 0.25) is 0 Å². The zero-order chi connectivity index (χ0) is 19.8. The minimum absolute atomic E-state index is 0.343. The summed E-state index contributed by atoms with van der Waals surface area (Å²) in [6.07, 6.45) is 11.8. The van der Waals surface area contributed by atoms with Crippen molar-refractivity contribution < 1.29 is 9.53 Å². The molecule has 3 saturated heterocycles. The van der Waals surface area contributed by atoms with Crippen molar-refractivity contribution in [3.63, 3.8) is 0 Å². The number of carbonyl (C=O) groups excluding carboxylic acids is 1. The Morgan fingerprint density at radius 1 is 1.14 bits per heavy atom. The fourth-order valence-electron chi connectivity index (χ4n) is 6.44. The fraction of sp³-hybridized carbons (Fsp3) is 0.640. The number of benzene rings is 1. The number of likely N-dealkylation sites (tertiary alicyclic amines) is 1. The molecule has 5 rings (SSSR count). The van der Waals surface area contributed by atoms with Crippen molar-refractivity contribution in [3.8, 4) is 5.75 Å². The van der Waals surface area contributed by atoms with E-state index in [1.807, 2.05) is 12.1 Å². The molecule has 1 aromatic rings. The van der Waals surface area contributed by atoms with Crippen LogP contribution in [0.15, 0.2) is 35.9 Å². The maximum absolute atomic E-state index is 13.3. The molecule has 0 spiro atoms. The largest absolute Gasteiger partial charge is 0.497 e. The molecule has 4 nitrogen and oxygen atoms in total. The Kier molecular flexibility index (Phi) is 5.38. The summed E-state index contributed by atoms with van der Waals surface area (Å²) in [5.74, 6) is 2.58. The second kappa shape index (κ2) is 8.14. The highest BCUT2D eigenvalue weighted by Gasteiger charge is 2.46. The first-order chi connectivity index (χ1) is 14.2. The second-order valence-electron chi connectivity index (χ2n) is 9.44. The number of hydrogen-bond donors (Lipinski definition) is 0. The number of carbonyl (C=O) groups is 1. The van der Waals surface area contributed by atoms with E-state index in [4.69, 9.17) is 4.74 Å². The number of rotatable bonds is 4. The van der Waals surface area contributed by atoms with E-state index in [0.29, 0.717) is 24.3 Å². The summed E-state index contributed by atoms with van der Waals surface area (Å²) in [6.45, 7) is 3.40. The van der Waals surface area contributed by atoms with Crippen LogP contribution >= 0.6 is 0 Å². The van der Waals surface area contributed by atoms with Gasteiger partial charge in [-0.05, 0) is 74.6 Å². The molecular weight excluding hydrogens is 360 g/mol. The van der Waals surface area contributed by atoms with Gasteiger partial charge in [-0.15, -0.1) is 0 Å². The van der Waals surface area contributed by atoms with E-state index in [1.54, 1.807) is 12.7 Å². The summed E-state index contributed by atoms with van der Waals surface area (Å²) < 4.78 is 5.24. The first-order valence-electron chi connectivity index (χ1n) is 11.6. The van der Waals surface area contributed by atoms with Gasteiger partial charge in [-0.2, -0.15) is 0 Å². The van der Waals surface area contributed by atoms with Gasteiger partial charge in [0.25, 0.3) is 0 Å². The van der Waals surface area contributed by atoms with Crippen LogP contribution in [0.4, 0.5) is 0 Å². The summed E-state index contributed by atoms with van der Waals surface area (Å²) >= 11 is 0. The highest BCUT2D eigenvalue weighted by Crippen LogP contribution is 2.45. The van der Waals surface area contributed by atoms with Crippen molar-refractivity contribution in [2.45, 2.75) is 63.5 Å². The molecule has 0 N–H and O–H groups in total. The molecule has 29 heavy (non-hydrogen) atoms. The van der Waals surface area contributed by atoms with E-state index < -0.39 is 0 Å². The van der Waals surface area contributed by atoms with E-state index in [-0.39, 0.29) is 0 Å². The van der Waals surface area contributed by atoms with Crippen molar-refractivity contribution in [2.75, 3.05) is 26.7 Å². The number of amides is 1. The minimum atomic E-state index is 0.343. The Bertz CT molecular complexity index is 772. The van der Waals surface area contributed by atoms with Gasteiger partial charge in [0.15, 0.2) is 0 Å². The van der Waals surface area contributed by atoms with E-state index in [2.05, 4.69) is 28.0 Å². The predicted molar refractivity (Wildman–Crippen MR) is 115 cm³/mol. The molecule has 1 amide bonds. The van der Waals surface area contributed by atoms with Crippen molar-refractivity contribution in [3.05, 3.63) is 41.5 Å². The zero-order valence-electron chi connectivity index (χ0n) is 17.7. The third kappa shape index (κ3) is 3.72. The van der Waals surface area contributed by atoms with Crippen LogP contribution in [0.25, 0.3) is 0 Å². The third-order valence-corrected chi connectivity index (χ3v) is 7.76. The molecule has 2 bridgehead atoms. The number of ether oxygens (including phenoxy) is 1. The molecule has 3 heterocycles. The quantitative estimate of drug-likeness (QED) is 0.723. The first kappa shape index (κ1) is 19.2. The van der Waals surface area contributed by atoms with Crippen molar-refractivity contribution in [1.82, 2.24) is 9.80 Å². The summed E-state index contributed by atoms with van der Waals surface area (Å²) in [6, 6.07) is 9.27. The highest BCUT2D eigenvalue weighted by atomic mass is 16.5. The highest BCUT2D eigenvalue weighted by molar-refractivity contribution is 5.77. The van der Waals surface area contributed by atoms with Crippen LogP contribution in [-0.2, 0) is 11.2 Å². The fourth-order valence-corrected chi connectivity index (χ4v) is 6.44. The Hall–Kier alpha value is -1.81. The van der Waals surface area contributed by atoms with E-state index in [9.17, 15) is 4.79 Å².